The molecule has 0 amide bonds. The summed E-state index contributed by atoms with van der Waals surface area (Å²) in [5, 5.41) is 43.0. The summed E-state index contributed by atoms with van der Waals surface area (Å²) < 4.78 is 17.0. The average Bonchev–Trinajstić information content (AvgIpc) is 2.82. The number of rotatable bonds is 3. The minimum absolute atomic E-state index is 0.000127. The quantitative estimate of drug-likeness (QED) is 0.338. The van der Waals surface area contributed by atoms with Crippen LogP contribution in [-0.4, -0.2) is 69.7 Å². The number of methoxy groups -OCH3 is 1. The number of ketones is 2. The Morgan fingerprint density at radius 2 is 1.74 bits per heavy atom. The molecule has 10 nitrogen and oxygen atoms in total. The number of hydrogen-bond acceptors (Lipinski definition) is 10. The second kappa shape index (κ2) is 8.58. The first-order valence-corrected chi connectivity index (χ1v) is 11.4. The number of aliphatic hydroxyl groups excluding tert-OH is 2. The summed E-state index contributed by atoms with van der Waals surface area (Å²) >= 11 is 0. The Kier molecular flexibility index (Phi) is 5.81. The van der Waals surface area contributed by atoms with Gasteiger partial charge in [-0.05, 0) is 13.0 Å². The largest absolute Gasteiger partial charge is 0.507 e. The maximum atomic E-state index is 13.5. The van der Waals surface area contributed by atoms with Gasteiger partial charge in [-0.15, -0.1) is 0 Å². The van der Waals surface area contributed by atoms with Crippen molar-refractivity contribution in [2.24, 2.45) is 5.73 Å². The van der Waals surface area contributed by atoms with Crippen molar-refractivity contribution in [1.82, 2.24) is 0 Å². The van der Waals surface area contributed by atoms with Gasteiger partial charge in [-0.25, -0.2) is 0 Å². The van der Waals surface area contributed by atoms with E-state index in [1.54, 1.807) is 13.0 Å². The number of benzene rings is 2. The highest BCUT2D eigenvalue weighted by molar-refractivity contribution is 6.31. The maximum Gasteiger partial charge on any atom is 0.202 e. The lowest BCUT2D eigenvalue weighted by Crippen LogP contribution is -2.52. The number of carbonyl (C=O) groups is 2. The van der Waals surface area contributed by atoms with Crippen molar-refractivity contribution in [2.75, 3.05) is 7.11 Å². The van der Waals surface area contributed by atoms with E-state index in [1.165, 1.54) is 19.2 Å². The molecule has 3 aliphatic rings. The molecule has 1 aliphatic heterocycles. The first-order chi connectivity index (χ1) is 16.6. The maximum absolute atomic E-state index is 13.5. The number of fused-ring (bicyclic) bond motifs is 3. The van der Waals surface area contributed by atoms with Crippen LogP contribution in [0.5, 0.6) is 17.2 Å². The highest BCUT2D eigenvalue weighted by Crippen LogP contribution is 2.50. The lowest BCUT2D eigenvalue weighted by molar-refractivity contribution is -0.244. The van der Waals surface area contributed by atoms with E-state index in [1.807, 2.05) is 0 Å². The number of ether oxygens (including phenoxy) is 3. The van der Waals surface area contributed by atoms with Crippen LogP contribution in [0.25, 0.3) is 0 Å². The normalized spacial score (nSPS) is 29.9. The first kappa shape index (κ1) is 23.7. The van der Waals surface area contributed by atoms with Crippen LogP contribution in [0, 0.1) is 0 Å². The summed E-state index contributed by atoms with van der Waals surface area (Å²) in [6.07, 6.45) is -4.09. The minimum atomic E-state index is -0.966. The van der Waals surface area contributed by atoms with Gasteiger partial charge in [0.2, 0.25) is 5.78 Å². The van der Waals surface area contributed by atoms with Gasteiger partial charge < -0.3 is 40.4 Å². The summed E-state index contributed by atoms with van der Waals surface area (Å²) in [6, 6.07) is 3.94. The summed E-state index contributed by atoms with van der Waals surface area (Å²) in [5.41, 5.74) is 5.64. The minimum Gasteiger partial charge on any atom is -0.507 e. The molecule has 6 atom stereocenters. The lowest BCUT2D eigenvalue weighted by atomic mass is 9.76. The highest BCUT2D eigenvalue weighted by atomic mass is 16.7. The first-order valence-electron chi connectivity index (χ1n) is 11.4. The third-order valence-electron chi connectivity index (χ3n) is 7.08. The Labute approximate surface area is 200 Å². The van der Waals surface area contributed by atoms with Gasteiger partial charge in [-0.2, -0.15) is 0 Å². The van der Waals surface area contributed by atoms with Crippen LogP contribution in [0.2, 0.25) is 0 Å². The summed E-state index contributed by atoms with van der Waals surface area (Å²) in [4.78, 5) is 26.8. The SMILES string of the molecule is COc1cccc2c1C(=O)c1c(O)c3c(c(O)c1C2=O)C[C@H](O)C[C@@H]3O[C@H]1C[C@H](N)[C@H](O)[C@H](C)O1. The summed E-state index contributed by atoms with van der Waals surface area (Å²) in [7, 11) is 1.37. The molecule has 0 spiro atoms. The molecular weight excluding hydrogens is 458 g/mol. The number of hydrogen-bond donors (Lipinski definition) is 5. The molecule has 2 aromatic rings. The van der Waals surface area contributed by atoms with Crippen molar-refractivity contribution < 1.29 is 44.2 Å². The van der Waals surface area contributed by atoms with E-state index in [2.05, 4.69) is 0 Å². The fraction of sp³-hybridized carbons (Fsp3) is 0.440. The molecule has 10 heteroatoms. The molecule has 1 saturated heterocycles. The summed E-state index contributed by atoms with van der Waals surface area (Å²) in [6.45, 7) is 1.65. The Morgan fingerprint density at radius 3 is 2.43 bits per heavy atom. The molecule has 0 bridgehead atoms. The van der Waals surface area contributed by atoms with Crippen molar-refractivity contribution in [1.29, 1.82) is 0 Å². The van der Waals surface area contributed by atoms with Gasteiger partial charge in [0.15, 0.2) is 12.1 Å². The highest BCUT2D eigenvalue weighted by Gasteiger charge is 2.44. The molecule has 2 aliphatic carbocycles. The van der Waals surface area contributed by atoms with Gasteiger partial charge in [-0.1, -0.05) is 12.1 Å². The van der Waals surface area contributed by atoms with Crippen LogP contribution in [0.15, 0.2) is 18.2 Å². The zero-order chi connectivity index (χ0) is 25.2. The van der Waals surface area contributed by atoms with Crippen LogP contribution >= 0.6 is 0 Å². The average molecular weight is 485 g/mol. The predicted octanol–water partition coefficient (Wildman–Crippen LogP) is 1.07. The van der Waals surface area contributed by atoms with Crippen LogP contribution in [0.1, 0.15) is 68.8 Å². The standard InChI is InChI=1S/C25H27NO9/c1-9-21(28)13(26)8-16(34-9)35-15-7-10(27)6-12-18(15)25(32)20-19(23(12)30)22(29)11-4-3-5-14(33-2)17(11)24(20)31/h3-5,9-10,13,15-16,21,27-28,30,32H,6-8,26H2,1-2H3/t9-,10-,13-,15-,16-,21+/m0/s1. The number of aliphatic hydroxyl groups is 2. The van der Waals surface area contributed by atoms with Crippen LogP contribution < -0.4 is 10.5 Å². The molecule has 1 fully saturated rings. The number of carbonyl (C=O) groups excluding carboxylic acids is 2. The van der Waals surface area contributed by atoms with E-state index in [0.717, 1.165) is 0 Å². The topological polar surface area (TPSA) is 169 Å². The van der Waals surface area contributed by atoms with Gasteiger partial charge in [0, 0.05) is 42.0 Å². The Morgan fingerprint density at radius 1 is 1.03 bits per heavy atom. The Balaban J connectivity index is 1.62. The van der Waals surface area contributed by atoms with Crippen molar-refractivity contribution in [3.8, 4) is 17.2 Å². The number of phenols is 2. The van der Waals surface area contributed by atoms with Crippen LogP contribution in [0.4, 0.5) is 0 Å². The van der Waals surface area contributed by atoms with Gasteiger partial charge in [0.05, 0.1) is 48.2 Å². The van der Waals surface area contributed by atoms with Crippen molar-refractivity contribution in [2.45, 2.75) is 62.9 Å². The molecular formula is C25H27NO9. The predicted molar refractivity (Wildman–Crippen MR) is 121 cm³/mol. The zero-order valence-electron chi connectivity index (χ0n) is 19.2. The molecule has 0 saturated carbocycles. The smallest absolute Gasteiger partial charge is 0.202 e. The summed E-state index contributed by atoms with van der Waals surface area (Å²) in [5.74, 6) is -2.10. The van der Waals surface area contributed by atoms with Crippen LogP contribution in [0.3, 0.4) is 0 Å². The Hall–Kier alpha value is -3.02. The molecule has 2 aromatic carbocycles. The van der Waals surface area contributed by atoms with Gasteiger partial charge in [0.25, 0.3) is 0 Å². The Bertz CT molecular complexity index is 1210. The van der Waals surface area contributed by atoms with Gasteiger partial charge >= 0.3 is 0 Å². The van der Waals surface area contributed by atoms with Crippen LogP contribution in [-0.2, 0) is 15.9 Å². The van der Waals surface area contributed by atoms with E-state index in [-0.39, 0.29) is 58.4 Å². The van der Waals surface area contributed by atoms with Gasteiger partial charge in [-0.3, -0.25) is 9.59 Å². The van der Waals surface area contributed by atoms with E-state index < -0.39 is 59.8 Å². The van der Waals surface area contributed by atoms with Crippen molar-refractivity contribution in [3.05, 3.63) is 51.6 Å². The number of nitrogens with two attached hydrogens (primary N) is 1. The number of aromatic hydroxyl groups is 2. The van der Waals surface area contributed by atoms with E-state index in [0.29, 0.717) is 0 Å². The molecule has 0 aromatic heterocycles. The molecule has 35 heavy (non-hydrogen) atoms. The van der Waals surface area contributed by atoms with Crippen molar-refractivity contribution >= 4 is 11.6 Å². The fourth-order valence-electron chi connectivity index (χ4n) is 5.34. The third-order valence-corrected chi connectivity index (χ3v) is 7.08. The van der Waals surface area contributed by atoms with E-state index >= 15 is 0 Å². The van der Waals surface area contributed by atoms with E-state index in [9.17, 15) is 30.0 Å². The molecule has 0 unspecified atom stereocenters. The molecule has 1 heterocycles. The fourth-order valence-corrected chi connectivity index (χ4v) is 5.34. The molecule has 186 valence electrons. The zero-order valence-corrected chi connectivity index (χ0v) is 19.2. The molecule has 0 radical (unpaired) electrons. The second-order valence-electron chi connectivity index (χ2n) is 9.26. The second-order valence-corrected chi connectivity index (χ2v) is 9.26. The van der Waals surface area contributed by atoms with Crippen molar-refractivity contribution in [3.63, 3.8) is 0 Å². The van der Waals surface area contributed by atoms with E-state index in [4.69, 9.17) is 19.9 Å². The molecule has 5 rings (SSSR count). The third kappa shape index (κ3) is 3.60. The molecule has 6 N–H and O–H groups in total. The van der Waals surface area contributed by atoms with Gasteiger partial charge in [0.1, 0.15) is 17.2 Å². The lowest BCUT2D eigenvalue weighted by Gasteiger charge is -2.39. The number of phenolic OH excluding ortho intramolecular Hbond substituents is 2. The monoisotopic (exact) mass is 485 g/mol.